The van der Waals surface area contributed by atoms with Crippen molar-refractivity contribution in [2.24, 2.45) is 5.92 Å². The monoisotopic (exact) mass is 351 g/mol. The molecule has 0 aromatic carbocycles. The van der Waals surface area contributed by atoms with Gasteiger partial charge in [0.25, 0.3) is 5.91 Å². The van der Waals surface area contributed by atoms with Gasteiger partial charge >= 0.3 is 5.97 Å². The van der Waals surface area contributed by atoms with Gasteiger partial charge in [-0.15, -0.1) is 11.3 Å². The van der Waals surface area contributed by atoms with E-state index in [0.29, 0.717) is 5.01 Å². The van der Waals surface area contributed by atoms with Crippen molar-refractivity contribution in [3.8, 4) is 0 Å². The number of rotatable bonds is 7. The van der Waals surface area contributed by atoms with Crippen LogP contribution in [0.3, 0.4) is 0 Å². The number of nitrogens with zero attached hydrogens (tertiary/aromatic N) is 1. The molecule has 2 aromatic heterocycles. The van der Waals surface area contributed by atoms with E-state index in [2.05, 4.69) is 15.6 Å². The van der Waals surface area contributed by atoms with Gasteiger partial charge < -0.3 is 20.2 Å². The summed E-state index contributed by atoms with van der Waals surface area (Å²) in [6, 6.07) is 2.34. The Hall–Kier alpha value is -2.68. The molecule has 0 fully saturated rings. The number of hydrogen-bond acceptors (Lipinski definition) is 6. The molecule has 0 bridgehead atoms. The highest BCUT2D eigenvalue weighted by atomic mass is 32.1. The van der Waals surface area contributed by atoms with Crippen LogP contribution in [0, 0.1) is 5.92 Å². The van der Waals surface area contributed by atoms with Gasteiger partial charge in [0.05, 0.1) is 12.8 Å². The highest BCUT2D eigenvalue weighted by Crippen LogP contribution is 2.10. The van der Waals surface area contributed by atoms with Crippen LogP contribution in [-0.2, 0) is 11.3 Å². The molecule has 24 heavy (non-hydrogen) atoms. The van der Waals surface area contributed by atoms with Gasteiger partial charge in [-0.1, -0.05) is 13.8 Å². The summed E-state index contributed by atoms with van der Waals surface area (Å²) in [6.45, 7) is 3.70. The lowest BCUT2D eigenvalue weighted by Crippen LogP contribution is -2.49. The Balaban J connectivity index is 1.95. The molecule has 8 nitrogen and oxygen atoms in total. The Morgan fingerprint density at radius 1 is 1.38 bits per heavy atom. The van der Waals surface area contributed by atoms with Crippen molar-refractivity contribution in [2.45, 2.75) is 26.4 Å². The zero-order valence-corrected chi connectivity index (χ0v) is 13.9. The molecule has 0 radical (unpaired) electrons. The Labute approximate surface area is 141 Å². The highest BCUT2D eigenvalue weighted by Gasteiger charge is 2.25. The number of carbonyl (C=O) groups is 3. The summed E-state index contributed by atoms with van der Waals surface area (Å²) in [5.41, 5.74) is -0.0595. The van der Waals surface area contributed by atoms with Gasteiger partial charge in [0.15, 0.2) is 11.5 Å². The van der Waals surface area contributed by atoms with Crippen molar-refractivity contribution in [3.63, 3.8) is 0 Å². The molecule has 0 aliphatic heterocycles. The van der Waals surface area contributed by atoms with Crippen LogP contribution in [0.5, 0.6) is 0 Å². The summed E-state index contributed by atoms with van der Waals surface area (Å²) >= 11 is 1.14. The van der Waals surface area contributed by atoms with Gasteiger partial charge in [-0.05, 0) is 18.1 Å². The lowest BCUT2D eigenvalue weighted by atomic mass is 10.0. The molecule has 1 unspecified atom stereocenters. The minimum absolute atomic E-state index is 0.0595. The summed E-state index contributed by atoms with van der Waals surface area (Å²) in [4.78, 5) is 39.0. The SMILES string of the molecule is CC(C)C(NC(=O)c1ccco1)C(=O)NCc1nc(C(=O)O)cs1. The van der Waals surface area contributed by atoms with Crippen LogP contribution in [0.1, 0.15) is 39.9 Å². The van der Waals surface area contributed by atoms with E-state index in [0.717, 1.165) is 11.3 Å². The van der Waals surface area contributed by atoms with E-state index in [4.69, 9.17) is 9.52 Å². The maximum Gasteiger partial charge on any atom is 0.355 e. The smallest absolute Gasteiger partial charge is 0.355 e. The van der Waals surface area contributed by atoms with Gasteiger partial charge in [-0.3, -0.25) is 9.59 Å². The predicted octanol–water partition coefficient (Wildman–Crippen LogP) is 1.51. The number of furan rings is 1. The van der Waals surface area contributed by atoms with Crippen molar-refractivity contribution >= 4 is 29.1 Å². The fourth-order valence-electron chi connectivity index (χ4n) is 1.92. The first-order chi connectivity index (χ1) is 11.4. The standard InChI is InChI=1S/C15H17N3O5S/c1-8(2)12(18-13(19)10-4-3-5-23-10)14(20)16-6-11-17-9(7-24-11)15(21)22/h3-5,7-8,12H,6H2,1-2H3,(H,16,20)(H,18,19)(H,21,22). The average Bonchev–Trinajstić information content (AvgIpc) is 3.20. The largest absolute Gasteiger partial charge is 0.476 e. The molecule has 2 rings (SSSR count). The minimum atomic E-state index is -1.12. The van der Waals surface area contributed by atoms with Crippen LogP contribution in [0.25, 0.3) is 0 Å². The third-order valence-electron chi connectivity index (χ3n) is 3.17. The molecule has 0 aliphatic rings. The quantitative estimate of drug-likeness (QED) is 0.695. The molecule has 2 heterocycles. The lowest BCUT2D eigenvalue weighted by molar-refractivity contribution is -0.124. The predicted molar refractivity (Wildman–Crippen MR) is 85.7 cm³/mol. The molecule has 2 aromatic rings. The molecule has 9 heteroatoms. The number of carboxylic acid groups (broad SMARTS) is 1. The highest BCUT2D eigenvalue weighted by molar-refractivity contribution is 7.09. The van der Waals surface area contributed by atoms with Crippen LogP contribution < -0.4 is 10.6 Å². The van der Waals surface area contributed by atoms with Crippen LogP contribution in [-0.4, -0.2) is 33.9 Å². The molecule has 0 saturated carbocycles. The second-order valence-electron chi connectivity index (χ2n) is 5.32. The van der Waals surface area contributed by atoms with Crippen molar-refractivity contribution in [1.29, 1.82) is 0 Å². The molecule has 2 amide bonds. The van der Waals surface area contributed by atoms with Gasteiger partial charge in [0, 0.05) is 5.38 Å². The van der Waals surface area contributed by atoms with E-state index < -0.39 is 17.9 Å². The Kier molecular flexibility index (Phi) is 5.69. The number of aromatic nitrogens is 1. The average molecular weight is 351 g/mol. The number of amides is 2. The number of aromatic carboxylic acids is 1. The van der Waals surface area contributed by atoms with E-state index in [9.17, 15) is 14.4 Å². The van der Waals surface area contributed by atoms with E-state index in [-0.39, 0.29) is 29.8 Å². The number of carbonyl (C=O) groups excluding carboxylic acids is 2. The zero-order chi connectivity index (χ0) is 17.7. The van der Waals surface area contributed by atoms with Crippen LogP contribution in [0.2, 0.25) is 0 Å². The normalized spacial score (nSPS) is 12.0. The summed E-state index contributed by atoms with van der Waals surface area (Å²) < 4.78 is 5.00. The Morgan fingerprint density at radius 3 is 2.67 bits per heavy atom. The Bertz CT molecular complexity index is 723. The topological polar surface area (TPSA) is 122 Å². The fourth-order valence-corrected chi connectivity index (χ4v) is 2.63. The second-order valence-corrected chi connectivity index (χ2v) is 6.26. The number of hydrogen-bond donors (Lipinski definition) is 3. The van der Waals surface area contributed by atoms with Crippen molar-refractivity contribution in [2.75, 3.05) is 0 Å². The number of thiazole rings is 1. The van der Waals surface area contributed by atoms with E-state index in [1.54, 1.807) is 19.9 Å². The van der Waals surface area contributed by atoms with Gasteiger partial charge in [-0.2, -0.15) is 0 Å². The van der Waals surface area contributed by atoms with E-state index in [1.165, 1.54) is 17.7 Å². The van der Waals surface area contributed by atoms with Crippen LogP contribution in [0.15, 0.2) is 28.2 Å². The van der Waals surface area contributed by atoms with E-state index in [1.807, 2.05) is 0 Å². The minimum Gasteiger partial charge on any atom is -0.476 e. The summed E-state index contributed by atoms with van der Waals surface area (Å²) in [7, 11) is 0. The second kappa shape index (κ2) is 7.73. The van der Waals surface area contributed by atoms with Gasteiger partial charge in [0.1, 0.15) is 11.0 Å². The summed E-state index contributed by atoms with van der Waals surface area (Å²) in [5.74, 6) is -1.99. The summed E-state index contributed by atoms with van der Waals surface area (Å²) in [6.07, 6.45) is 1.38. The maximum absolute atomic E-state index is 12.3. The first-order valence-corrected chi connectivity index (χ1v) is 8.06. The molecular formula is C15H17N3O5S. The summed E-state index contributed by atoms with van der Waals surface area (Å²) in [5, 5.41) is 16.0. The van der Waals surface area contributed by atoms with Crippen molar-refractivity contribution in [3.05, 3.63) is 40.2 Å². The molecule has 128 valence electrons. The maximum atomic E-state index is 12.3. The molecule has 0 spiro atoms. The zero-order valence-electron chi connectivity index (χ0n) is 13.1. The third-order valence-corrected chi connectivity index (χ3v) is 4.01. The van der Waals surface area contributed by atoms with Crippen molar-refractivity contribution < 1.29 is 23.9 Å². The third kappa shape index (κ3) is 4.42. The van der Waals surface area contributed by atoms with Gasteiger partial charge in [0.2, 0.25) is 5.91 Å². The fraction of sp³-hybridized carbons (Fsp3) is 0.333. The first kappa shape index (κ1) is 17.7. The van der Waals surface area contributed by atoms with Crippen LogP contribution >= 0.6 is 11.3 Å². The van der Waals surface area contributed by atoms with Gasteiger partial charge in [-0.25, -0.2) is 9.78 Å². The lowest BCUT2D eigenvalue weighted by Gasteiger charge is -2.20. The molecule has 3 N–H and O–H groups in total. The number of carboxylic acids is 1. The first-order valence-electron chi connectivity index (χ1n) is 7.18. The van der Waals surface area contributed by atoms with Crippen LogP contribution in [0.4, 0.5) is 0 Å². The molecule has 1 atom stereocenters. The van der Waals surface area contributed by atoms with E-state index >= 15 is 0 Å². The molecule has 0 aliphatic carbocycles. The Morgan fingerprint density at radius 2 is 2.12 bits per heavy atom. The molecule has 0 saturated heterocycles. The van der Waals surface area contributed by atoms with Crippen molar-refractivity contribution in [1.82, 2.24) is 15.6 Å². The molecular weight excluding hydrogens is 334 g/mol. The number of nitrogens with one attached hydrogen (secondary N) is 2.